The van der Waals surface area contributed by atoms with Crippen LogP contribution >= 0.6 is 0 Å². The monoisotopic (exact) mass is 422 g/mol. The number of benzene rings is 2. The minimum atomic E-state index is -0.369. The number of amides is 1. The Morgan fingerprint density at radius 2 is 1.77 bits per heavy atom. The van der Waals surface area contributed by atoms with E-state index in [-0.39, 0.29) is 18.0 Å². The number of halogens is 1. The Kier molecular flexibility index (Phi) is 6.62. The Hall–Kier alpha value is -3.61. The van der Waals surface area contributed by atoms with Gasteiger partial charge in [-0.3, -0.25) is 4.98 Å². The number of likely N-dealkylation sites (tertiary alicyclic amines) is 1. The van der Waals surface area contributed by atoms with Gasteiger partial charge in [-0.15, -0.1) is 0 Å². The molecule has 0 saturated carbocycles. The van der Waals surface area contributed by atoms with E-state index < -0.39 is 0 Å². The van der Waals surface area contributed by atoms with Crippen LogP contribution in [0.5, 0.6) is 17.2 Å². The highest BCUT2D eigenvalue weighted by Crippen LogP contribution is 2.23. The van der Waals surface area contributed by atoms with Gasteiger partial charge < -0.3 is 19.1 Å². The van der Waals surface area contributed by atoms with Gasteiger partial charge in [-0.2, -0.15) is 0 Å². The summed E-state index contributed by atoms with van der Waals surface area (Å²) >= 11 is 0. The minimum absolute atomic E-state index is 0.0292. The van der Waals surface area contributed by atoms with Crippen molar-refractivity contribution >= 4 is 6.09 Å². The summed E-state index contributed by atoms with van der Waals surface area (Å²) < 4.78 is 30.3. The number of piperidine rings is 1. The molecule has 31 heavy (non-hydrogen) atoms. The molecular weight excluding hydrogens is 399 g/mol. The Bertz CT molecular complexity index is 990. The zero-order chi connectivity index (χ0) is 21.5. The molecular formula is C24H23FN2O4. The summed E-state index contributed by atoms with van der Waals surface area (Å²) in [5.74, 6) is 1.59. The average molecular weight is 422 g/mol. The fourth-order valence-corrected chi connectivity index (χ4v) is 3.33. The molecule has 0 N–H and O–H groups in total. The zero-order valence-electron chi connectivity index (χ0n) is 16.9. The molecule has 6 nitrogen and oxygen atoms in total. The Morgan fingerprint density at radius 3 is 2.48 bits per heavy atom. The van der Waals surface area contributed by atoms with E-state index in [4.69, 9.17) is 14.2 Å². The Morgan fingerprint density at radius 1 is 1.00 bits per heavy atom. The molecule has 1 amide bonds. The number of hydrogen-bond donors (Lipinski definition) is 0. The van der Waals surface area contributed by atoms with Crippen LogP contribution in [0.3, 0.4) is 0 Å². The molecule has 7 heteroatoms. The Labute approximate surface area is 180 Å². The van der Waals surface area contributed by atoms with Crippen molar-refractivity contribution in [1.82, 2.24) is 9.88 Å². The maximum absolute atomic E-state index is 13.2. The third-order valence-electron chi connectivity index (χ3n) is 4.96. The van der Waals surface area contributed by atoms with E-state index in [0.29, 0.717) is 31.2 Å². The third kappa shape index (κ3) is 5.94. The molecule has 2 heterocycles. The lowest BCUT2D eigenvalue weighted by Crippen LogP contribution is -2.43. The maximum atomic E-state index is 13.2. The number of ether oxygens (including phenoxy) is 3. The van der Waals surface area contributed by atoms with E-state index in [1.165, 1.54) is 18.3 Å². The van der Waals surface area contributed by atoms with Gasteiger partial charge >= 0.3 is 6.09 Å². The number of hydrogen-bond acceptors (Lipinski definition) is 5. The van der Waals surface area contributed by atoms with Crippen molar-refractivity contribution in [3.8, 4) is 17.2 Å². The number of carbonyl (C=O) groups excluding carboxylic acids is 1. The zero-order valence-corrected chi connectivity index (χ0v) is 16.9. The summed E-state index contributed by atoms with van der Waals surface area (Å²) in [4.78, 5) is 17.9. The van der Waals surface area contributed by atoms with Gasteiger partial charge in [0.15, 0.2) is 5.75 Å². The van der Waals surface area contributed by atoms with E-state index in [1.807, 2.05) is 30.3 Å². The second-order valence-corrected chi connectivity index (χ2v) is 7.25. The van der Waals surface area contributed by atoms with Gasteiger partial charge in [0.05, 0.1) is 6.20 Å². The van der Waals surface area contributed by atoms with Gasteiger partial charge in [-0.05, 0) is 54.1 Å². The molecule has 0 bridgehead atoms. The van der Waals surface area contributed by atoms with Crippen LogP contribution in [0.15, 0.2) is 73.1 Å². The molecule has 1 fully saturated rings. The second kappa shape index (κ2) is 9.93. The molecule has 0 aliphatic carbocycles. The molecule has 1 aliphatic rings. The first-order valence-corrected chi connectivity index (χ1v) is 10.2. The van der Waals surface area contributed by atoms with Crippen molar-refractivity contribution in [2.24, 2.45) is 0 Å². The van der Waals surface area contributed by atoms with Crippen molar-refractivity contribution in [3.05, 3.63) is 84.4 Å². The van der Waals surface area contributed by atoms with Crippen molar-refractivity contribution < 1.29 is 23.4 Å². The standard InChI is InChI=1S/C24H23FN2O4/c25-19-4-1-3-18(15-19)17-29-20-6-8-21(9-7-20)30-22-10-13-27(14-11-22)24(28)31-23-5-2-12-26-16-23/h1-9,12,15-16,22H,10-11,13-14,17H2. The number of rotatable bonds is 6. The number of pyridine rings is 1. The lowest BCUT2D eigenvalue weighted by Gasteiger charge is -2.31. The number of nitrogens with zero attached hydrogens (tertiary/aromatic N) is 2. The number of aromatic nitrogens is 1. The summed E-state index contributed by atoms with van der Waals surface area (Å²) in [6.45, 7) is 1.43. The smallest absolute Gasteiger partial charge is 0.415 e. The minimum Gasteiger partial charge on any atom is -0.490 e. The summed E-state index contributed by atoms with van der Waals surface area (Å²) in [5, 5.41) is 0. The van der Waals surface area contributed by atoms with Crippen LogP contribution in [0.2, 0.25) is 0 Å². The lowest BCUT2D eigenvalue weighted by atomic mass is 10.1. The molecule has 0 radical (unpaired) electrons. The first kappa shape index (κ1) is 20.7. The first-order chi connectivity index (χ1) is 15.2. The van der Waals surface area contributed by atoms with E-state index in [9.17, 15) is 9.18 Å². The van der Waals surface area contributed by atoms with Crippen LogP contribution < -0.4 is 14.2 Å². The van der Waals surface area contributed by atoms with Crippen molar-refractivity contribution in [2.45, 2.75) is 25.6 Å². The maximum Gasteiger partial charge on any atom is 0.415 e. The highest BCUT2D eigenvalue weighted by Gasteiger charge is 2.25. The van der Waals surface area contributed by atoms with Crippen molar-refractivity contribution in [2.75, 3.05) is 13.1 Å². The van der Waals surface area contributed by atoms with E-state index in [1.54, 1.807) is 29.3 Å². The third-order valence-corrected chi connectivity index (χ3v) is 4.96. The molecule has 1 aliphatic heterocycles. The first-order valence-electron chi connectivity index (χ1n) is 10.2. The lowest BCUT2D eigenvalue weighted by molar-refractivity contribution is 0.0929. The van der Waals surface area contributed by atoms with Crippen LogP contribution in [0.25, 0.3) is 0 Å². The van der Waals surface area contributed by atoms with Gasteiger partial charge in [0.2, 0.25) is 0 Å². The molecule has 0 unspecified atom stereocenters. The fourth-order valence-electron chi connectivity index (χ4n) is 3.33. The van der Waals surface area contributed by atoms with Gasteiger partial charge in [-0.25, -0.2) is 9.18 Å². The molecule has 0 spiro atoms. The highest BCUT2D eigenvalue weighted by molar-refractivity contribution is 5.70. The highest BCUT2D eigenvalue weighted by atomic mass is 19.1. The van der Waals surface area contributed by atoms with E-state index in [2.05, 4.69) is 4.98 Å². The van der Waals surface area contributed by atoms with Crippen LogP contribution in [0.4, 0.5) is 9.18 Å². The summed E-state index contributed by atoms with van der Waals surface area (Å²) in [7, 11) is 0. The van der Waals surface area contributed by atoms with Crippen LogP contribution in [0.1, 0.15) is 18.4 Å². The van der Waals surface area contributed by atoms with Gasteiger partial charge in [0.1, 0.15) is 30.0 Å². The quantitative estimate of drug-likeness (QED) is 0.569. The Balaban J connectivity index is 1.22. The topological polar surface area (TPSA) is 60.9 Å². The van der Waals surface area contributed by atoms with Gasteiger partial charge in [0, 0.05) is 32.1 Å². The normalized spacial score (nSPS) is 14.2. The molecule has 160 valence electrons. The van der Waals surface area contributed by atoms with Crippen LogP contribution in [-0.2, 0) is 6.61 Å². The molecule has 1 aromatic heterocycles. The van der Waals surface area contributed by atoms with Crippen molar-refractivity contribution in [1.29, 1.82) is 0 Å². The van der Waals surface area contributed by atoms with Gasteiger partial charge in [-0.1, -0.05) is 12.1 Å². The molecule has 2 aromatic carbocycles. The molecule has 1 saturated heterocycles. The average Bonchev–Trinajstić information content (AvgIpc) is 2.80. The summed E-state index contributed by atoms with van der Waals surface area (Å²) in [6.07, 6.45) is 4.25. The predicted octanol–water partition coefficient (Wildman–Crippen LogP) is 4.84. The molecule has 3 aromatic rings. The number of carbonyl (C=O) groups is 1. The largest absolute Gasteiger partial charge is 0.490 e. The predicted molar refractivity (Wildman–Crippen MR) is 113 cm³/mol. The van der Waals surface area contributed by atoms with Gasteiger partial charge in [0.25, 0.3) is 0 Å². The summed E-state index contributed by atoms with van der Waals surface area (Å²) in [6, 6.07) is 17.1. The van der Waals surface area contributed by atoms with E-state index >= 15 is 0 Å². The second-order valence-electron chi connectivity index (χ2n) is 7.25. The van der Waals surface area contributed by atoms with E-state index in [0.717, 1.165) is 24.2 Å². The fraction of sp³-hybridized carbons (Fsp3) is 0.250. The SMILES string of the molecule is O=C(Oc1cccnc1)N1CCC(Oc2ccc(OCc3cccc(F)c3)cc2)CC1. The van der Waals surface area contributed by atoms with Crippen LogP contribution in [-0.4, -0.2) is 35.2 Å². The molecule has 4 rings (SSSR count). The van der Waals surface area contributed by atoms with Crippen LogP contribution in [0, 0.1) is 5.82 Å². The van der Waals surface area contributed by atoms with Crippen molar-refractivity contribution in [3.63, 3.8) is 0 Å². The molecule has 0 atom stereocenters. The summed E-state index contributed by atoms with van der Waals surface area (Å²) in [5.41, 5.74) is 0.772.